The van der Waals surface area contributed by atoms with E-state index in [1.807, 2.05) is 60.9 Å². The lowest BCUT2D eigenvalue weighted by Crippen LogP contribution is -2.59. The number of hydrogen-bond donors (Lipinski definition) is 2. The molecule has 0 saturated carbocycles. The van der Waals surface area contributed by atoms with Gasteiger partial charge in [0.05, 0.1) is 12.2 Å². The van der Waals surface area contributed by atoms with E-state index in [2.05, 4.69) is 20.6 Å². The largest absolute Gasteiger partial charge is 0.342 e. The molecule has 3 atom stereocenters. The number of nitrogens with zero attached hydrogens (tertiary/aromatic N) is 5. The van der Waals surface area contributed by atoms with E-state index in [0.717, 1.165) is 18.4 Å². The highest BCUT2D eigenvalue weighted by atomic mass is 16.2. The minimum Gasteiger partial charge on any atom is -0.342 e. The Morgan fingerprint density at radius 3 is 2.60 bits per heavy atom. The van der Waals surface area contributed by atoms with E-state index in [1.54, 1.807) is 43.2 Å². The lowest BCUT2D eigenvalue weighted by Gasteiger charge is -2.37. The van der Waals surface area contributed by atoms with E-state index in [4.69, 9.17) is 0 Å². The SMILES string of the molecule is CNC(C)C(=O)NC(C(=O)N1CCCC1CN(CCc1ccccc1)C(=O)c1cn2ccncc2n1)C(C)(C)C. The average Bonchev–Trinajstić information content (AvgIpc) is 3.59. The predicted octanol–water partition coefficient (Wildman–Crippen LogP) is 2.54. The molecule has 10 nitrogen and oxygen atoms in total. The number of carbonyl (C=O) groups excluding carboxylic acids is 3. The van der Waals surface area contributed by atoms with Gasteiger partial charge in [0, 0.05) is 44.3 Å². The molecule has 0 aliphatic carbocycles. The van der Waals surface area contributed by atoms with Crippen molar-refractivity contribution < 1.29 is 14.4 Å². The maximum Gasteiger partial charge on any atom is 0.274 e. The number of amides is 3. The number of likely N-dealkylation sites (tertiary alicyclic amines) is 1. The smallest absolute Gasteiger partial charge is 0.274 e. The molecule has 1 aliphatic rings. The fraction of sp³-hybridized carbons (Fsp3) is 0.500. The van der Waals surface area contributed by atoms with Crippen molar-refractivity contribution in [3.8, 4) is 0 Å². The summed E-state index contributed by atoms with van der Waals surface area (Å²) in [5.74, 6) is -0.504. The minimum atomic E-state index is -0.684. The molecule has 1 aromatic carbocycles. The van der Waals surface area contributed by atoms with Gasteiger partial charge in [-0.1, -0.05) is 51.1 Å². The molecule has 3 unspecified atom stereocenters. The molecule has 1 aliphatic heterocycles. The summed E-state index contributed by atoms with van der Waals surface area (Å²) in [6.07, 6.45) is 9.08. The van der Waals surface area contributed by atoms with Gasteiger partial charge < -0.3 is 24.8 Å². The molecule has 214 valence electrons. The first-order chi connectivity index (χ1) is 19.1. The zero-order valence-electron chi connectivity index (χ0n) is 24.1. The maximum absolute atomic E-state index is 13.9. The van der Waals surface area contributed by atoms with Crippen LogP contribution in [0, 0.1) is 5.41 Å². The second kappa shape index (κ2) is 12.6. The monoisotopic (exact) mass is 547 g/mol. The van der Waals surface area contributed by atoms with Crippen LogP contribution in [-0.2, 0) is 16.0 Å². The van der Waals surface area contributed by atoms with Gasteiger partial charge in [-0.15, -0.1) is 0 Å². The summed E-state index contributed by atoms with van der Waals surface area (Å²) in [5, 5.41) is 5.91. The highest BCUT2D eigenvalue weighted by molar-refractivity contribution is 5.93. The third-order valence-electron chi connectivity index (χ3n) is 7.60. The zero-order chi connectivity index (χ0) is 28.9. The molecular formula is C30H41N7O3. The molecule has 1 saturated heterocycles. The second-order valence-corrected chi connectivity index (χ2v) is 11.6. The summed E-state index contributed by atoms with van der Waals surface area (Å²) in [6.45, 7) is 9.11. The molecule has 2 N–H and O–H groups in total. The molecule has 40 heavy (non-hydrogen) atoms. The minimum absolute atomic E-state index is 0.110. The van der Waals surface area contributed by atoms with Crippen LogP contribution in [0.3, 0.4) is 0 Å². The number of rotatable bonds is 10. The molecule has 3 heterocycles. The van der Waals surface area contributed by atoms with Gasteiger partial charge in [-0.2, -0.15) is 0 Å². The topological polar surface area (TPSA) is 112 Å². The van der Waals surface area contributed by atoms with Gasteiger partial charge >= 0.3 is 0 Å². The van der Waals surface area contributed by atoms with E-state index < -0.39 is 17.5 Å². The van der Waals surface area contributed by atoms with Gasteiger partial charge in [-0.3, -0.25) is 19.4 Å². The molecule has 10 heteroatoms. The summed E-state index contributed by atoms with van der Waals surface area (Å²) in [4.78, 5) is 52.8. The van der Waals surface area contributed by atoms with Gasteiger partial charge in [0.1, 0.15) is 11.7 Å². The summed E-state index contributed by atoms with van der Waals surface area (Å²) in [7, 11) is 1.72. The van der Waals surface area contributed by atoms with E-state index >= 15 is 0 Å². The van der Waals surface area contributed by atoms with Crippen molar-refractivity contribution >= 4 is 23.4 Å². The quantitative estimate of drug-likeness (QED) is 0.404. The van der Waals surface area contributed by atoms with Crippen LogP contribution >= 0.6 is 0 Å². The fourth-order valence-corrected chi connectivity index (χ4v) is 5.08. The van der Waals surface area contributed by atoms with E-state index in [-0.39, 0.29) is 23.8 Å². The van der Waals surface area contributed by atoms with Crippen molar-refractivity contribution in [2.24, 2.45) is 5.41 Å². The van der Waals surface area contributed by atoms with Crippen LogP contribution in [0.25, 0.3) is 5.65 Å². The van der Waals surface area contributed by atoms with Crippen LogP contribution in [0.5, 0.6) is 0 Å². The van der Waals surface area contributed by atoms with Gasteiger partial charge in [-0.25, -0.2) is 4.98 Å². The number of likely N-dealkylation sites (N-methyl/N-ethyl adjacent to an activating group) is 1. The number of fused-ring (bicyclic) bond motifs is 1. The maximum atomic E-state index is 13.9. The highest BCUT2D eigenvalue weighted by Gasteiger charge is 2.41. The number of aromatic nitrogens is 3. The lowest BCUT2D eigenvalue weighted by atomic mass is 9.85. The normalized spacial score (nSPS) is 17.0. The molecule has 2 aromatic heterocycles. The van der Waals surface area contributed by atoms with Gasteiger partial charge in [0.25, 0.3) is 5.91 Å². The average molecular weight is 548 g/mol. The first-order valence-electron chi connectivity index (χ1n) is 14.0. The predicted molar refractivity (Wildman–Crippen MR) is 154 cm³/mol. The molecule has 1 fully saturated rings. The molecule has 4 rings (SSSR count). The third-order valence-corrected chi connectivity index (χ3v) is 7.60. The van der Waals surface area contributed by atoms with Crippen molar-refractivity contribution in [1.82, 2.24) is 34.8 Å². The Kier molecular flexibility index (Phi) is 9.19. The zero-order valence-corrected chi connectivity index (χ0v) is 24.1. The Bertz CT molecular complexity index is 1280. The highest BCUT2D eigenvalue weighted by Crippen LogP contribution is 2.27. The molecular weight excluding hydrogens is 506 g/mol. The van der Waals surface area contributed by atoms with Crippen LogP contribution in [-0.4, -0.2) is 86.7 Å². The number of carbonyl (C=O) groups is 3. The third kappa shape index (κ3) is 6.85. The number of benzene rings is 1. The van der Waals surface area contributed by atoms with E-state index in [0.29, 0.717) is 37.4 Å². The second-order valence-electron chi connectivity index (χ2n) is 11.6. The summed E-state index contributed by atoms with van der Waals surface area (Å²) < 4.78 is 1.78. The standard InChI is InChI=1S/C30H41N7O3/c1-21(31-5)27(38)34-26(30(2,3)4)29(40)37-15-9-12-23(37)19-36(16-13-22-10-7-6-8-11-22)28(39)24-20-35-17-14-32-18-25(35)33-24/h6-8,10-11,14,17-18,20-21,23,26,31H,9,12-13,15-16,19H2,1-5H3,(H,34,38). The lowest BCUT2D eigenvalue weighted by molar-refractivity contribution is -0.140. The van der Waals surface area contributed by atoms with Crippen molar-refractivity contribution in [3.05, 3.63) is 66.4 Å². The van der Waals surface area contributed by atoms with Crippen molar-refractivity contribution in [1.29, 1.82) is 0 Å². The molecule has 0 spiro atoms. The van der Waals surface area contributed by atoms with Gasteiger partial charge in [-0.05, 0) is 44.2 Å². The van der Waals surface area contributed by atoms with Crippen molar-refractivity contribution in [3.63, 3.8) is 0 Å². The van der Waals surface area contributed by atoms with Gasteiger partial charge in [0.15, 0.2) is 5.65 Å². The Hall–Kier alpha value is -3.79. The Labute approximate surface area is 236 Å². The van der Waals surface area contributed by atoms with Crippen LogP contribution in [0.15, 0.2) is 55.1 Å². The first kappa shape index (κ1) is 29.2. The molecule has 0 bridgehead atoms. The Morgan fingerprint density at radius 2 is 1.93 bits per heavy atom. The number of imidazole rings is 1. The summed E-state index contributed by atoms with van der Waals surface area (Å²) in [5.41, 5.74) is 1.60. The Balaban J connectivity index is 1.56. The van der Waals surface area contributed by atoms with Gasteiger partial charge in [0.2, 0.25) is 11.8 Å². The number of nitrogens with one attached hydrogen (secondary N) is 2. The summed E-state index contributed by atoms with van der Waals surface area (Å²) >= 11 is 0. The summed E-state index contributed by atoms with van der Waals surface area (Å²) in [6, 6.07) is 8.79. The molecule has 0 radical (unpaired) electrons. The first-order valence-corrected chi connectivity index (χ1v) is 14.0. The van der Waals surface area contributed by atoms with E-state index in [9.17, 15) is 14.4 Å². The van der Waals surface area contributed by atoms with Crippen molar-refractivity contribution in [2.45, 2.75) is 65.1 Å². The number of hydrogen-bond acceptors (Lipinski definition) is 6. The van der Waals surface area contributed by atoms with E-state index in [1.165, 1.54) is 0 Å². The van der Waals surface area contributed by atoms with Crippen LogP contribution in [0.4, 0.5) is 0 Å². The molecule has 3 amide bonds. The van der Waals surface area contributed by atoms with Crippen LogP contribution in [0.2, 0.25) is 0 Å². The van der Waals surface area contributed by atoms with Crippen molar-refractivity contribution in [2.75, 3.05) is 26.7 Å². The van der Waals surface area contributed by atoms with Crippen LogP contribution < -0.4 is 10.6 Å². The molecule has 3 aromatic rings. The fourth-order valence-electron chi connectivity index (χ4n) is 5.08. The van der Waals surface area contributed by atoms with Crippen LogP contribution in [0.1, 0.15) is 56.6 Å². The Morgan fingerprint density at radius 1 is 1.18 bits per heavy atom.